The van der Waals surface area contributed by atoms with Gasteiger partial charge in [0.1, 0.15) is 11.3 Å². The summed E-state index contributed by atoms with van der Waals surface area (Å²) in [4.78, 5) is 12.9. The molecule has 0 spiro atoms. The Morgan fingerprint density at radius 1 is 1.12 bits per heavy atom. The quantitative estimate of drug-likeness (QED) is 0.398. The zero-order valence-electron chi connectivity index (χ0n) is 20.4. The number of hydrogen-bond donors (Lipinski definition) is 1. The lowest BCUT2D eigenvalue weighted by Crippen LogP contribution is -2.18. The largest absolute Gasteiger partial charge is 0.367 e. The van der Waals surface area contributed by atoms with E-state index in [1.165, 1.54) is 43.1 Å². The van der Waals surface area contributed by atoms with Crippen molar-refractivity contribution in [2.24, 2.45) is 5.41 Å². The molecule has 0 amide bonds. The maximum atomic E-state index is 12.9. The number of nitrogens with zero attached hydrogens (tertiary/aromatic N) is 6. The van der Waals surface area contributed by atoms with Crippen LogP contribution in [0.25, 0.3) is 27.9 Å². The fraction of sp³-hybridized carbons (Fsp3) is 0.520. The normalized spacial score (nSPS) is 15.6. The number of alkyl halides is 2. The standard InChI is InChI=1S/C16H15F2N7.C9H18/c1-8-5-10(13-6-20-16(19)23-25(8)13)11-3-4-12-15(22-11)24(7-14(17)18)9(2)21-12;1-3-9(2)7-5-4-6-8-9/h3-6,14H,7H2,1-2H3,(H2,19,23);3-8H2,1-2H3. The van der Waals surface area contributed by atoms with E-state index in [2.05, 4.69) is 33.9 Å². The number of imidazole rings is 1. The van der Waals surface area contributed by atoms with Gasteiger partial charge in [0.05, 0.1) is 24.0 Å². The SMILES string of the molecule is CCC1(C)CCCCC1.Cc1nc2ccc(-c3cc(C)n4nc(N)ncc34)nc2n1CC(F)F. The van der Waals surface area contributed by atoms with Crippen molar-refractivity contribution >= 4 is 22.6 Å². The number of hydrogen-bond acceptors (Lipinski definition) is 5. The Hall–Kier alpha value is -3.10. The Bertz CT molecular complexity index is 1290. The molecule has 7 nitrogen and oxygen atoms in total. The van der Waals surface area contributed by atoms with Crippen molar-refractivity contribution in [3.8, 4) is 11.3 Å². The number of nitrogen functional groups attached to an aromatic ring is 1. The predicted molar refractivity (Wildman–Crippen MR) is 131 cm³/mol. The van der Waals surface area contributed by atoms with Crippen LogP contribution < -0.4 is 5.73 Å². The average molecular weight is 470 g/mol. The molecule has 182 valence electrons. The second-order valence-electron chi connectivity index (χ2n) is 9.54. The first-order valence-electron chi connectivity index (χ1n) is 11.9. The minimum absolute atomic E-state index is 0.173. The van der Waals surface area contributed by atoms with Gasteiger partial charge in [-0.2, -0.15) is 0 Å². The van der Waals surface area contributed by atoms with Crippen LogP contribution in [0.5, 0.6) is 0 Å². The molecule has 0 radical (unpaired) electrons. The van der Waals surface area contributed by atoms with Crippen molar-refractivity contribution in [3.63, 3.8) is 0 Å². The zero-order valence-corrected chi connectivity index (χ0v) is 20.4. The van der Waals surface area contributed by atoms with Crippen molar-refractivity contribution in [2.75, 3.05) is 5.73 Å². The third kappa shape index (κ3) is 4.88. The van der Waals surface area contributed by atoms with Gasteiger partial charge in [0.25, 0.3) is 6.43 Å². The number of halogens is 2. The van der Waals surface area contributed by atoms with E-state index in [0.29, 0.717) is 22.7 Å². The Kier molecular flexibility index (Phi) is 6.81. The van der Waals surface area contributed by atoms with Crippen LogP contribution in [0.2, 0.25) is 0 Å². The number of aromatic nitrogens is 6. The summed E-state index contributed by atoms with van der Waals surface area (Å²) in [5, 5.41) is 4.18. The minimum Gasteiger partial charge on any atom is -0.367 e. The molecule has 1 saturated carbocycles. The molecule has 0 aromatic carbocycles. The van der Waals surface area contributed by atoms with Crippen molar-refractivity contribution < 1.29 is 8.78 Å². The summed E-state index contributed by atoms with van der Waals surface area (Å²) in [6.07, 6.45) is 7.91. The molecule has 0 unspecified atom stereocenters. The molecule has 0 atom stereocenters. The number of nitrogens with two attached hydrogens (primary N) is 1. The number of fused-ring (bicyclic) bond motifs is 2. The van der Waals surface area contributed by atoms with E-state index < -0.39 is 13.0 Å². The smallest absolute Gasteiger partial charge is 0.256 e. The van der Waals surface area contributed by atoms with E-state index in [1.54, 1.807) is 23.7 Å². The van der Waals surface area contributed by atoms with Gasteiger partial charge in [-0.25, -0.2) is 28.2 Å². The van der Waals surface area contributed by atoms with Crippen LogP contribution in [0.15, 0.2) is 24.4 Å². The Labute approximate surface area is 198 Å². The van der Waals surface area contributed by atoms with Gasteiger partial charge in [-0.3, -0.25) is 0 Å². The number of rotatable bonds is 4. The van der Waals surface area contributed by atoms with Gasteiger partial charge < -0.3 is 10.3 Å². The maximum absolute atomic E-state index is 12.9. The minimum atomic E-state index is -2.48. The van der Waals surface area contributed by atoms with E-state index in [1.807, 2.05) is 19.1 Å². The maximum Gasteiger partial charge on any atom is 0.256 e. The first-order valence-corrected chi connectivity index (χ1v) is 11.9. The van der Waals surface area contributed by atoms with Gasteiger partial charge in [-0.1, -0.05) is 39.5 Å². The second-order valence-corrected chi connectivity index (χ2v) is 9.54. The Morgan fingerprint density at radius 2 is 1.85 bits per heavy atom. The molecule has 4 aromatic rings. The molecule has 5 rings (SSSR count). The highest BCUT2D eigenvalue weighted by atomic mass is 19.3. The van der Waals surface area contributed by atoms with Crippen LogP contribution in [-0.4, -0.2) is 35.6 Å². The summed E-state index contributed by atoms with van der Waals surface area (Å²) in [5.41, 5.74) is 10.4. The van der Waals surface area contributed by atoms with E-state index in [0.717, 1.165) is 22.2 Å². The summed E-state index contributed by atoms with van der Waals surface area (Å²) >= 11 is 0. The van der Waals surface area contributed by atoms with Crippen LogP contribution in [0, 0.1) is 19.3 Å². The lowest BCUT2D eigenvalue weighted by Gasteiger charge is -2.32. The first-order chi connectivity index (χ1) is 16.2. The molecule has 0 saturated heterocycles. The molecule has 9 heteroatoms. The van der Waals surface area contributed by atoms with Gasteiger partial charge in [0, 0.05) is 11.3 Å². The van der Waals surface area contributed by atoms with E-state index >= 15 is 0 Å². The molecule has 0 bridgehead atoms. The van der Waals surface area contributed by atoms with Crippen molar-refractivity contribution in [2.45, 2.75) is 79.2 Å². The van der Waals surface area contributed by atoms with Crippen LogP contribution in [0.1, 0.15) is 63.9 Å². The summed E-state index contributed by atoms with van der Waals surface area (Å²) in [5.74, 6) is 0.681. The lowest BCUT2D eigenvalue weighted by atomic mass is 9.74. The number of pyridine rings is 1. The number of aryl methyl sites for hydroxylation is 2. The number of anilines is 1. The summed E-state index contributed by atoms with van der Waals surface area (Å²) in [6.45, 7) is 7.91. The van der Waals surface area contributed by atoms with Crippen molar-refractivity contribution in [1.29, 1.82) is 0 Å². The van der Waals surface area contributed by atoms with Gasteiger partial charge >= 0.3 is 0 Å². The molecule has 34 heavy (non-hydrogen) atoms. The molecular weight excluding hydrogens is 436 g/mol. The van der Waals surface area contributed by atoms with Crippen molar-refractivity contribution in [3.05, 3.63) is 35.9 Å². The Morgan fingerprint density at radius 3 is 2.50 bits per heavy atom. The fourth-order valence-electron chi connectivity index (χ4n) is 4.75. The van der Waals surface area contributed by atoms with Gasteiger partial charge in [-0.05, 0) is 50.3 Å². The summed E-state index contributed by atoms with van der Waals surface area (Å²) < 4.78 is 28.9. The van der Waals surface area contributed by atoms with Crippen molar-refractivity contribution in [1.82, 2.24) is 29.1 Å². The third-order valence-corrected chi connectivity index (χ3v) is 7.01. The Balaban J connectivity index is 0.000000257. The molecule has 4 heterocycles. The predicted octanol–water partition coefficient (Wildman–Crippen LogP) is 5.97. The lowest BCUT2D eigenvalue weighted by molar-refractivity contribution is 0.127. The van der Waals surface area contributed by atoms with Gasteiger partial charge in [0.15, 0.2) is 5.65 Å². The average Bonchev–Trinajstić information content (AvgIpc) is 3.30. The molecule has 1 aliphatic carbocycles. The van der Waals surface area contributed by atoms with Crippen LogP contribution >= 0.6 is 0 Å². The third-order valence-electron chi connectivity index (χ3n) is 7.01. The highest BCUT2D eigenvalue weighted by Gasteiger charge is 2.23. The van der Waals surface area contributed by atoms with Crippen LogP contribution in [0.4, 0.5) is 14.7 Å². The first kappa shape index (κ1) is 24.0. The molecule has 1 aliphatic rings. The highest BCUT2D eigenvalue weighted by Crippen LogP contribution is 2.38. The monoisotopic (exact) mass is 469 g/mol. The van der Waals surface area contributed by atoms with E-state index in [4.69, 9.17) is 5.73 Å². The molecule has 4 aromatic heterocycles. The van der Waals surface area contributed by atoms with Crippen LogP contribution in [0.3, 0.4) is 0 Å². The molecular formula is C25H33F2N7. The fourth-order valence-corrected chi connectivity index (χ4v) is 4.75. The van der Waals surface area contributed by atoms with E-state index in [9.17, 15) is 8.78 Å². The summed E-state index contributed by atoms with van der Waals surface area (Å²) in [7, 11) is 0. The summed E-state index contributed by atoms with van der Waals surface area (Å²) in [6, 6.07) is 5.51. The molecule has 2 N–H and O–H groups in total. The van der Waals surface area contributed by atoms with Crippen LogP contribution in [-0.2, 0) is 6.54 Å². The zero-order chi connectivity index (χ0) is 24.5. The highest BCUT2D eigenvalue weighted by molar-refractivity contribution is 5.83. The molecule has 0 aliphatic heterocycles. The topological polar surface area (TPSA) is 86.9 Å². The van der Waals surface area contributed by atoms with E-state index in [-0.39, 0.29) is 5.95 Å². The molecule has 1 fully saturated rings. The van der Waals surface area contributed by atoms with Gasteiger partial charge in [0.2, 0.25) is 5.95 Å². The van der Waals surface area contributed by atoms with Gasteiger partial charge in [-0.15, -0.1) is 5.10 Å². The second kappa shape index (κ2) is 9.64.